The first-order valence-corrected chi connectivity index (χ1v) is 4.92. The molecule has 1 aliphatic carbocycles. The molecule has 0 heterocycles. The Hall–Kier alpha value is -0.410. The van der Waals surface area contributed by atoms with Gasteiger partial charge >= 0.3 is 0 Å². The Kier molecular flexibility index (Phi) is 4.39. The topological polar surface area (TPSA) is 57.5 Å². The van der Waals surface area contributed by atoms with Gasteiger partial charge < -0.3 is 10.2 Å². The van der Waals surface area contributed by atoms with Gasteiger partial charge in [0.2, 0.25) is 0 Å². The highest BCUT2D eigenvalue weighted by molar-refractivity contribution is 5.83. The number of aliphatic hydroxyl groups excluding tert-OH is 2. The smallest absolute Gasteiger partial charge is 0.163 e. The maximum Gasteiger partial charge on any atom is 0.163 e. The lowest BCUT2D eigenvalue weighted by atomic mass is 9.96. The molecule has 1 fully saturated rings. The van der Waals surface area contributed by atoms with Crippen molar-refractivity contribution in [1.29, 1.82) is 0 Å². The first-order valence-electron chi connectivity index (χ1n) is 4.92. The van der Waals surface area contributed by atoms with Crippen molar-refractivity contribution in [1.82, 2.24) is 0 Å². The summed E-state index contributed by atoms with van der Waals surface area (Å²) in [5, 5.41) is 18.7. The summed E-state index contributed by atoms with van der Waals surface area (Å²) < 4.78 is 0. The zero-order chi connectivity index (χ0) is 9.68. The van der Waals surface area contributed by atoms with Crippen LogP contribution in [-0.2, 0) is 4.79 Å². The van der Waals surface area contributed by atoms with Crippen LogP contribution in [0.25, 0.3) is 0 Å². The van der Waals surface area contributed by atoms with Crippen LogP contribution < -0.4 is 0 Å². The van der Waals surface area contributed by atoms with Crippen LogP contribution in [0.2, 0.25) is 0 Å². The number of carbonyl (C=O) groups is 1. The van der Waals surface area contributed by atoms with Gasteiger partial charge in [0, 0.05) is 6.42 Å². The van der Waals surface area contributed by atoms with E-state index in [9.17, 15) is 15.0 Å². The molecule has 2 N–H and O–H groups in total. The zero-order valence-electron chi connectivity index (χ0n) is 7.78. The normalized spacial score (nSPS) is 32.9. The van der Waals surface area contributed by atoms with Crippen molar-refractivity contribution in [3.63, 3.8) is 0 Å². The van der Waals surface area contributed by atoms with Crippen molar-refractivity contribution in [2.24, 2.45) is 0 Å². The molecule has 2 atom stereocenters. The van der Waals surface area contributed by atoms with Gasteiger partial charge in [0.25, 0.3) is 0 Å². The third kappa shape index (κ3) is 3.44. The van der Waals surface area contributed by atoms with E-state index in [2.05, 4.69) is 6.42 Å². The lowest BCUT2D eigenvalue weighted by molar-refractivity contribution is -0.133. The van der Waals surface area contributed by atoms with Crippen LogP contribution in [0.1, 0.15) is 38.5 Å². The Labute approximate surface area is 78.8 Å². The molecule has 1 radical (unpaired) electrons. The molecule has 0 saturated heterocycles. The number of ketones is 1. The molecular weight excluding hydrogens is 168 g/mol. The van der Waals surface area contributed by atoms with Gasteiger partial charge in [0.05, 0.1) is 6.10 Å². The summed E-state index contributed by atoms with van der Waals surface area (Å²) in [7, 11) is 0. The van der Waals surface area contributed by atoms with Crippen LogP contribution in [0.15, 0.2) is 0 Å². The van der Waals surface area contributed by atoms with Gasteiger partial charge in [-0.3, -0.25) is 4.79 Å². The first kappa shape index (κ1) is 10.7. The van der Waals surface area contributed by atoms with Crippen LogP contribution in [0.5, 0.6) is 0 Å². The molecule has 0 aliphatic heterocycles. The van der Waals surface area contributed by atoms with Crippen molar-refractivity contribution >= 4 is 5.78 Å². The minimum atomic E-state index is -1.16. The van der Waals surface area contributed by atoms with Gasteiger partial charge in [-0.1, -0.05) is 12.8 Å². The Morgan fingerprint density at radius 2 is 2.00 bits per heavy atom. The average molecular weight is 185 g/mol. The van der Waals surface area contributed by atoms with E-state index in [0.29, 0.717) is 12.8 Å². The lowest BCUT2D eigenvalue weighted by Gasteiger charge is -2.17. The fraction of sp³-hybridized carbons (Fsp3) is 0.800. The van der Waals surface area contributed by atoms with E-state index < -0.39 is 12.2 Å². The minimum absolute atomic E-state index is 0.214. The lowest BCUT2D eigenvalue weighted by Crippen LogP contribution is -2.34. The maximum atomic E-state index is 11.2. The van der Waals surface area contributed by atoms with Gasteiger partial charge in [0.15, 0.2) is 5.78 Å². The average Bonchev–Trinajstić information content (AvgIpc) is 2.13. The predicted octanol–water partition coefficient (Wildman–Crippen LogP) is 0.836. The van der Waals surface area contributed by atoms with Crippen molar-refractivity contribution in [2.45, 2.75) is 50.7 Å². The molecule has 75 valence electrons. The van der Waals surface area contributed by atoms with Crippen LogP contribution in [-0.4, -0.2) is 28.2 Å². The summed E-state index contributed by atoms with van der Waals surface area (Å²) >= 11 is 0. The summed E-state index contributed by atoms with van der Waals surface area (Å²) in [6.07, 6.45) is 4.59. The van der Waals surface area contributed by atoms with Gasteiger partial charge in [-0.2, -0.15) is 0 Å². The number of hydrogen-bond acceptors (Lipinski definition) is 3. The van der Waals surface area contributed by atoms with Crippen LogP contribution >= 0.6 is 0 Å². The van der Waals surface area contributed by atoms with Crippen molar-refractivity contribution < 1.29 is 15.0 Å². The highest BCUT2D eigenvalue weighted by Gasteiger charge is 2.23. The summed E-state index contributed by atoms with van der Waals surface area (Å²) in [5.74, 6) is -0.214. The van der Waals surface area contributed by atoms with Crippen molar-refractivity contribution in [2.75, 3.05) is 0 Å². The molecular formula is C10H17O3. The fourth-order valence-electron chi connectivity index (χ4n) is 1.54. The quantitative estimate of drug-likeness (QED) is 0.588. The Morgan fingerprint density at radius 3 is 2.77 bits per heavy atom. The molecule has 13 heavy (non-hydrogen) atoms. The summed E-state index contributed by atoms with van der Waals surface area (Å²) in [4.78, 5) is 11.2. The van der Waals surface area contributed by atoms with E-state index >= 15 is 0 Å². The summed E-state index contributed by atoms with van der Waals surface area (Å²) in [6, 6.07) is 0. The predicted molar refractivity (Wildman–Crippen MR) is 49.0 cm³/mol. The van der Waals surface area contributed by atoms with Crippen LogP contribution in [0, 0.1) is 6.42 Å². The van der Waals surface area contributed by atoms with Gasteiger partial charge in [-0.25, -0.2) is 0 Å². The molecule has 1 saturated carbocycles. The van der Waals surface area contributed by atoms with Crippen LogP contribution in [0.4, 0.5) is 0 Å². The van der Waals surface area contributed by atoms with E-state index in [1.807, 2.05) is 0 Å². The van der Waals surface area contributed by atoms with E-state index in [1.54, 1.807) is 0 Å². The Bertz CT molecular complexity index is 168. The second-order valence-electron chi connectivity index (χ2n) is 3.59. The first-order chi connectivity index (χ1) is 6.22. The van der Waals surface area contributed by atoms with Crippen LogP contribution in [0.3, 0.4) is 0 Å². The summed E-state index contributed by atoms with van der Waals surface area (Å²) in [6.45, 7) is 0. The van der Waals surface area contributed by atoms with Gasteiger partial charge in [-0.05, 0) is 25.7 Å². The number of Topliss-reactive ketones (excluding diaryl/α,β-unsaturated/α-hetero) is 1. The van der Waals surface area contributed by atoms with Crippen molar-refractivity contribution in [3.05, 3.63) is 6.42 Å². The molecule has 0 amide bonds. The molecule has 0 aromatic rings. The number of carbonyl (C=O) groups excluding carboxylic acids is 1. The van der Waals surface area contributed by atoms with Crippen molar-refractivity contribution in [3.8, 4) is 0 Å². The fourth-order valence-corrected chi connectivity index (χ4v) is 1.54. The number of rotatable bonds is 0. The highest BCUT2D eigenvalue weighted by Crippen LogP contribution is 2.14. The number of aliphatic hydroxyl groups is 2. The molecule has 3 heteroatoms. The van der Waals surface area contributed by atoms with E-state index in [1.165, 1.54) is 0 Å². The zero-order valence-corrected chi connectivity index (χ0v) is 7.78. The van der Waals surface area contributed by atoms with E-state index in [4.69, 9.17) is 0 Å². The summed E-state index contributed by atoms with van der Waals surface area (Å²) in [5.41, 5.74) is 0. The molecule has 1 aliphatic rings. The van der Waals surface area contributed by atoms with Gasteiger partial charge in [0.1, 0.15) is 6.10 Å². The largest absolute Gasteiger partial charge is 0.390 e. The molecule has 0 spiro atoms. The SMILES string of the molecule is O=C1CCCC[CH]CCC(O)C1O. The monoisotopic (exact) mass is 185 g/mol. The third-order valence-corrected chi connectivity index (χ3v) is 2.44. The van der Waals surface area contributed by atoms with Gasteiger partial charge in [-0.15, -0.1) is 0 Å². The molecule has 0 aromatic carbocycles. The second kappa shape index (κ2) is 5.35. The highest BCUT2D eigenvalue weighted by atomic mass is 16.3. The molecule has 1 rings (SSSR count). The minimum Gasteiger partial charge on any atom is -0.390 e. The standard InChI is InChI=1S/C10H17O3/c11-8-6-4-2-1-3-5-7-9(12)10(8)13/h2,8,10-11,13H,1,3-7H2. The Morgan fingerprint density at radius 1 is 1.23 bits per heavy atom. The number of hydrogen-bond donors (Lipinski definition) is 2. The molecule has 0 bridgehead atoms. The third-order valence-electron chi connectivity index (χ3n) is 2.44. The van der Waals surface area contributed by atoms with E-state index in [-0.39, 0.29) is 5.78 Å². The Balaban J connectivity index is 2.45. The second-order valence-corrected chi connectivity index (χ2v) is 3.59. The van der Waals surface area contributed by atoms with E-state index in [0.717, 1.165) is 25.7 Å². The molecule has 3 nitrogen and oxygen atoms in total. The molecule has 2 unspecified atom stereocenters. The molecule has 0 aromatic heterocycles. The maximum absolute atomic E-state index is 11.2.